The van der Waals surface area contributed by atoms with Crippen LogP contribution in [0.2, 0.25) is 0 Å². The molecule has 0 saturated carbocycles. The van der Waals surface area contributed by atoms with Gasteiger partial charge in [-0.2, -0.15) is 5.26 Å². The first-order valence-electron chi connectivity index (χ1n) is 14.4. The highest BCUT2D eigenvalue weighted by atomic mass is 35.5. The van der Waals surface area contributed by atoms with E-state index in [2.05, 4.69) is 25.3 Å². The smallest absolute Gasteiger partial charge is 0.237 e. The number of aromatic nitrogens is 3. The molecule has 1 fully saturated rings. The van der Waals surface area contributed by atoms with E-state index in [0.29, 0.717) is 44.9 Å². The van der Waals surface area contributed by atoms with Crippen molar-refractivity contribution in [2.75, 3.05) is 23.1 Å². The number of hydrogen-bond acceptors (Lipinski definition) is 9. The lowest BCUT2D eigenvalue weighted by molar-refractivity contribution is 0.466. The summed E-state index contributed by atoms with van der Waals surface area (Å²) in [6.45, 7) is 3.68. The lowest BCUT2D eigenvalue weighted by atomic mass is 10.0. The second kappa shape index (κ2) is 14.1. The lowest BCUT2D eigenvalue weighted by Crippen LogP contribution is -2.38. The molecular weight excluding hydrogens is 629 g/mol. The molecule has 1 aliphatic rings. The predicted molar refractivity (Wildman–Crippen MR) is 178 cm³/mol. The van der Waals surface area contributed by atoms with E-state index in [4.69, 9.17) is 15.0 Å². The highest BCUT2D eigenvalue weighted by molar-refractivity contribution is 7.91. The quantitative estimate of drug-likeness (QED) is 0.165. The molecule has 46 heavy (non-hydrogen) atoms. The van der Waals surface area contributed by atoms with Crippen LogP contribution in [0.5, 0.6) is 11.6 Å². The Balaban J connectivity index is 0.00000417. The number of nitrogens with one attached hydrogen (secondary N) is 3. The average Bonchev–Trinajstić information content (AvgIpc) is 3.04. The fourth-order valence-corrected chi connectivity index (χ4v) is 6.55. The number of aryl methyl sites for hydroxylation is 1. The number of halogens is 2. The molecule has 3 heterocycles. The molecule has 3 aromatic carbocycles. The molecule has 236 valence electrons. The minimum Gasteiger partial charge on any atom is -0.437 e. The van der Waals surface area contributed by atoms with Crippen LogP contribution >= 0.6 is 12.4 Å². The normalized spacial score (nSPS) is 14.6. The molecule has 1 aliphatic heterocycles. The van der Waals surface area contributed by atoms with Gasteiger partial charge >= 0.3 is 0 Å². The molecule has 2 aromatic heterocycles. The van der Waals surface area contributed by atoms with Crippen molar-refractivity contribution < 1.29 is 17.5 Å². The van der Waals surface area contributed by atoms with Crippen LogP contribution in [0.15, 0.2) is 79.1 Å². The number of nitrogens with zero attached hydrogens (tertiary/aromatic N) is 4. The highest BCUT2D eigenvalue weighted by Gasteiger charge is 2.21. The number of piperidine rings is 1. The monoisotopic (exact) mass is 659 g/mol. The predicted octanol–water partition coefficient (Wildman–Crippen LogP) is 6.33. The molecule has 1 atom stereocenters. The molecule has 0 unspecified atom stereocenters. The van der Waals surface area contributed by atoms with Gasteiger partial charge in [0.1, 0.15) is 11.6 Å². The van der Waals surface area contributed by atoms with Gasteiger partial charge in [-0.15, -0.1) is 12.4 Å². The van der Waals surface area contributed by atoms with Crippen molar-refractivity contribution in [2.45, 2.75) is 31.6 Å². The molecule has 3 N–H and O–H groups in total. The van der Waals surface area contributed by atoms with Crippen LogP contribution in [-0.2, 0) is 15.8 Å². The summed E-state index contributed by atoms with van der Waals surface area (Å²) in [5.41, 5.74) is 2.52. The van der Waals surface area contributed by atoms with Crippen molar-refractivity contribution in [3.8, 4) is 29.0 Å². The number of rotatable bonds is 9. The maximum absolute atomic E-state index is 15.2. The third-order valence-corrected chi connectivity index (χ3v) is 8.73. The number of sulfonamides is 1. The van der Waals surface area contributed by atoms with Crippen molar-refractivity contribution in [1.82, 2.24) is 20.3 Å². The van der Waals surface area contributed by atoms with Crippen molar-refractivity contribution in [3.05, 3.63) is 102 Å². The first kappa shape index (κ1) is 32.6. The van der Waals surface area contributed by atoms with E-state index < -0.39 is 21.6 Å². The number of hydrogen-bond donors (Lipinski definition) is 3. The van der Waals surface area contributed by atoms with E-state index in [0.717, 1.165) is 31.5 Å². The van der Waals surface area contributed by atoms with Gasteiger partial charge in [-0.05, 0) is 79.9 Å². The summed E-state index contributed by atoms with van der Waals surface area (Å²) < 4.78 is 50.3. The number of pyridine rings is 1. The summed E-state index contributed by atoms with van der Waals surface area (Å²) in [4.78, 5) is 13.6. The standard InChI is InChI=1S/C33H30FN7O3S.ClH/c1-21-9-10-25-26(11-12-28(34)30(25)41-45(42,43)20-23-6-2-5-22(17-23)18-35)31(21)44-32-27(8-4-15-37-32)29-13-16-38-33(40-29)39-24-7-3-14-36-19-24;/h2,4-6,8-13,15-17,24,36,41H,3,7,14,19-20H2,1H3,(H,38,39,40);1H/t24-;/m0./s1. The van der Waals surface area contributed by atoms with E-state index in [1.54, 1.807) is 60.9 Å². The van der Waals surface area contributed by atoms with Gasteiger partial charge in [0.2, 0.25) is 21.9 Å². The maximum atomic E-state index is 15.2. The third-order valence-electron chi connectivity index (χ3n) is 7.50. The molecule has 5 aromatic rings. The van der Waals surface area contributed by atoms with E-state index in [-0.39, 0.29) is 30.0 Å². The van der Waals surface area contributed by atoms with E-state index >= 15 is 4.39 Å². The summed E-state index contributed by atoms with van der Waals surface area (Å²) >= 11 is 0. The zero-order valence-corrected chi connectivity index (χ0v) is 26.5. The fourth-order valence-electron chi connectivity index (χ4n) is 5.34. The fraction of sp³-hybridized carbons (Fsp3) is 0.212. The lowest BCUT2D eigenvalue weighted by Gasteiger charge is -2.23. The summed E-state index contributed by atoms with van der Waals surface area (Å²) in [6, 6.07) is 20.0. The van der Waals surface area contributed by atoms with Crippen molar-refractivity contribution in [2.24, 2.45) is 0 Å². The second-order valence-corrected chi connectivity index (χ2v) is 12.5. The minimum atomic E-state index is -4.04. The van der Waals surface area contributed by atoms with Crippen LogP contribution < -0.4 is 20.1 Å². The molecule has 10 nitrogen and oxygen atoms in total. The van der Waals surface area contributed by atoms with Gasteiger partial charge < -0.3 is 15.4 Å². The Morgan fingerprint density at radius 1 is 1.07 bits per heavy atom. The van der Waals surface area contributed by atoms with Crippen LogP contribution in [0.4, 0.5) is 16.0 Å². The van der Waals surface area contributed by atoms with Crippen LogP contribution in [0.25, 0.3) is 22.0 Å². The highest BCUT2D eigenvalue weighted by Crippen LogP contribution is 2.39. The first-order chi connectivity index (χ1) is 21.8. The number of benzene rings is 3. The number of anilines is 2. The van der Waals surface area contributed by atoms with Gasteiger partial charge in [-0.3, -0.25) is 4.72 Å². The molecule has 0 bridgehead atoms. The van der Waals surface area contributed by atoms with Gasteiger partial charge in [-0.25, -0.2) is 27.8 Å². The Hall–Kier alpha value is -4.83. The van der Waals surface area contributed by atoms with Gasteiger partial charge in [0.25, 0.3) is 0 Å². The zero-order chi connectivity index (χ0) is 31.4. The third kappa shape index (κ3) is 7.34. The number of fused-ring (bicyclic) bond motifs is 1. The summed E-state index contributed by atoms with van der Waals surface area (Å²) in [7, 11) is -4.04. The second-order valence-electron chi connectivity index (χ2n) is 10.8. The van der Waals surface area contributed by atoms with Gasteiger partial charge in [0.15, 0.2) is 0 Å². The Kier molecular flexibility index (Phi) is 9.96. The Bertz CT molecular complexity index is 2030. The molecule has 0 spiro atoms. The molecule has 6 rings (SSSR count). The summed E-state index contributed by atoms with van der Waals surface area (Å²) in [5.74, 6) is 0.0115. The molecular formula is C33H31ClFN7O3S. The molecule has 0 amide bonds. The zero-order valence-electron chi connectivity index (χ0n) is 24.8. The number of ether oxygens (including phenoxy) is 1. The van der Waals surface area contributed by atoms with Crippen molar-refractivity contribution in [1.29, 1.82) is 5.26 Å². The van der Waals surface area contributed by atoms with Gasteiger partial charge in [0, 0.05) is 35.8 Å². The maximum Gasteiger partial charge on any atom is 0.237 e. The van der Waals surface area contributed by atoms with E-state index in [1.807, 2.05) is 19.1 Å². The van der Waals surface area contributed by atoms with E-state index in [9.17, 15) is 8.42 Å². The van der Waals surface area contributed by atoms with Gasteiger partial charge in [0.05, 0.1) is 34.3 Å². The van der Waals surface area contributed by atoms with Crippen LogP contribution in [0.3, 0.4) is 0 Å². The topological polar surface area (TPSA) is 142 Å². The van der Waals surface area contributed by atoms with Crippen LogP contribution in [-0.4, -0.2) is 42.5 Å². The first-order valence-corrected chi connectivity index (χ1v) is 16.1. The Morgan fingerprint density at radius 3 is 2.72 bits per heavy atom. The molecule has 13 heteroatoms. The Labute approximate surface area is 272 Å². The largest absolute Gasteiger partial charge is 0.437 e. The molecule has 1 saturated heterocycles. The van der Waals surface area contributed by atoms with Gasteiger partial charge in [-0.1, -0.05) is 24.3 Å². The molecule has 0 radical (unpaired) electrons. The van der Waals surface area contributed by atoms with Crippen LogP contribution in [0.1, 0.15) is 29.5 Å². The average molecular weight is 660 g/mol. The Morgan fingerprint density at radius 2 is 1.91 bits per heavy atom. The summed E-state index contributed by atoms with van der Waals surface area (Å²) in [6.07, 6.45) is 5.38. The van der Waals surface area contributed by atoms with Crippen LogP contribution in [0, 0.1) is 24.1 Å². The minimum absolute atomic E-state index is 0. The SMILES string of the molecule is Cc1ccc2c(NS(=O)(=O)Cc3cccc(C#N)c3)c(F)ccc2c1Oc1ncccc1-c1ccnc(N[C@H]2CCCNC2)n1.Cl. The van der Waals surface area contributed by atoms with E-state index in [1.165, 1.54) is 12.1 Å². The summed E-state index contributed by atoms with van der Waals surface area (Å²) in [5, 5.41) is 16.7. The molecule has 0 aliphatic carbocycles. The van der Waals surface area contributed by atoms with Crippen molar-refractivity contribution in [3.63, 3.8) is 0 Å². The number of nitriles is 1. The van der Waals surface area contributed by atoms with Crippen molar-refractivity contribution >= 4 is 44.8 Å².